The van der Waals surface area contributed by atoms with Crippen LogP contribution >= 0.6 is 0 Å². The maximum Gasteiger partial charge on any atom is 0.149 e. The predicted molar refractivity (Wildman–Crippen MR) is 65.6 cm³/mol. The Hall–Kier alpha value is -2.10. The van der Waals surface area contributed by atoms with E-state index in [1.807, 2.05) is 6.92 Å². The van der Waals surface area contributed by atoms with Crippen molar-refractivity contribution in [2.75, 3.05) is 11.1 Å². The molecule has 0 bridgehead atoms. The van der Waals surface area contributed by atoms with Crippen LogP contribution in [0.15, 0.2) is 30.6 Å². The molecule has 0 aliphatic heterocycles. The van der Waals surface area contributed by atoms with Crippen molar-refractivity contribution in [3.8, 4) is 0 Å². The summed E-state index contributed by atoms with van der Waals surface area (Å²) < 4.78 is 0. The summed E-state index contributed by atoms with van der Waals surface area (Å²) in [6, 6.07) is 6.23. The number of aryl methyl sites for hydroxylation is 2. The van der Waals surface area contributed by atoms with E-state index in [1.165, 1.54) is 17.3 Å². The lowest BCUT2D eigenvalue weighted by molar-refractivity contribution is 1.20. The molecule has 4 heteroatoms. The van der Waals surface area contributed by atoms with Crippen LogP contribution in [0.25, 0.3) is 0 Å². The molecule has 0 fully saturated rings. The number of nitrogen functional groups attached to an aromatic ring is 1. The molecule has 1 aromatic heterocycles. The van der Waals surface area contributed by atoms with Gasteiger partial charge in [-0.2, -0.15) is 0 Å². The lowest BCUT2D eigenvalue weighted by Crippen LogP contribution is -1.98. The number of rotatable bonds is 2. The van der Waals surface area contributed by atoms with E-state index >= 15 is 0 Å². The topological polar surface area (TPSA) is 63.8 Å². The zero-order valence-corrected chi connectivity index (χ0v) is 9.36. The molecule has 4 nitrogen and oxygen atoms in total. The summed E-state index contributed by atoms with van der Waals surface area (Å²) in [7, 11) is 0. The maximum absolute atomic E-state index is 5.47. The van der Waals surface area contributed by atoms with Gasteiger partial charge in [0.1, 0.15) is 11.6 Å². The molecule has 0 saturated heterocycles. The Labute approximate surface area is 94.5 Å². The van der Waals surface area contributed by atoms with Gasteiger partial charge in [-0.05, 0) is 31.0 Å². The molecule has 2 aromatic rings. The van der Waals surface area contributed by atoms with Crippen molar-refractivity contribution in [1.29, 1.82) is 0 Å². The van der Waals surface area contributed by atoms with Crippen molar-refractivity contribution in [3.63, 3.8) is 0 Å². The molecule has 0 spiro atoms. The highest BCUT2D eigenvalue weighted by Crippen LogP contribution is 2.20. The van der Waals surface area contributed by atoms with E-state index in [1.54, 1.807) is 6.20 Å². The van der Waals surface area contributed by atoms with E-state index in [-0.39, 0.29) is 0 Å². The summed E-state index contributed by atoms with van der Waals surface area (Å²) in [5.41, 5.74) is 8.89. The summed E-state index contributed by atoms with van der Waals surface area (Å²) in [6.07, 6.45) is 3.16. The fourth-order valence-electron chi connectivity index (χ4n) is 1.41. The molecule has 0 unspecified atom stereocenters. The van der Waals surface area contributed by atoms with Crippen LogP contribution in [-0.2, 0) is 0 Å². The summed E-state index contributed by atoms with van der Waals surface area (Å²) in [6.45, 7) is 4.10. The van der Waals surface area contributed by atoms with E-state index in [0.717, 1.165) is 5.69 Å². The first kappa shape index (κ1) is 10.4. The Balaban J connectivity index is 2.26. The minimum atomic E-state index is 0.423. The normalized spacial score (nSPS) is 10.1. The summed E-state index contributed by atoms with van der Waals surface area (Å²) in [5.74, 6) is 1.12. The fraction of sp³-hybridized carbons (Fsp3) is 0.167. The number of nitrogens with zero attached hydrogens (tertiary/aromatic N) is 2. The van der Waals surface area contributed by atoms with Gasteiger partial charge in [0.15, 0.2) is 0 Å². The van der Waals surface area contributed by atoms with Gasteiger partial charge in [-0.25, -0.2) is 9.97 Å². The van der Waals surface area contributed by atoms with Crippen molar-refractivity contribution < 1.29 is 0 Å². The summed E-state index contributed by atoms with van der Waals surface area (Å²) in [5, 5.41) is 3.21. The van der Waals surface area contributed by atoms with Crippen LogP contribution in [0.5, 0.6) is 0 Å². The highest BCUT2D eigenvalue weighted by molar-refractivity contribution is 5.60. The number of benzene rings is 1. The van der Waals surface area contributed by atoms with Crippen LogP contribution in [-0.4, -0.2) is 9.97 Å². The Kier molecular flexibility index (Phi) is 2.72. The second kappa shape index (κ2) is 4.18. The SMILES string of the molecule is Cc1ccc(C)c(Nc2cnc(N)cn2)c1. The van der Waals surface area contributed by atoms with E-state index in [0.29, 0.717) is 11.6 Å². The van der Waals surface area contributed by atoms with Crippen LogP contribution < -0.4 is 11.1 Å². The molecule has 0 aliphatic rings. The fourth-order valence-corrected chi connectivity index (χ4v) is 1.41. The van der Waals surface area contributed by atoms with Crippen LogP contribution in [0.4, 0.5) is 17.3 Å². The Morgan fingerprint density at radius 3 is 2.62 bits per heavy atom. The second-order valence-electron chi connectivity index (χ2n) is 3.77. The molecule has 0 saturated carbocycles. The van der Waals surface area contributed by atoms with Crippen LogP contribution in [0.1, 0.15) is 11.1 Å². The van der Waals surface area contributed by atoms with Gasteiger partial charge in [0, 0.05) is 5.69 Å². The molecule has 2 rings (SSSR count). The summed E-state index contributed by atoms with van der Waals surface area (Å²) >= 11 is 0. The molecule has 0 amide bonds. The van der Waals surface area contributed by atoms with Gasteiger partial charge in [0.05, 0.1) is 12.4 Å². The molecule has 3 N–H and O–H groups in total. The highest BCUT2D eigenvalue weighted by atomic mass is 15.0. The largest absolute Gasteiger partial charge is 0.382 e. The van der Waals surface area contributed by atoms with Crippen molar-refractivity contribution in [1.82, 2.24) is 9.97 Å². The average molecular weight is 214 g/mol. The van der Waals surface area contributed by atoms with Crippen LogP contribution in [0.2, 0.25) is 0 Å². The molecule has 0 radical (unpaired) electrons. The number of nitrogens with one attached hydrogen (secondary N) is 1. The molecular weight excluding hydrogens is 200 g/mol. The first-order valence-electron chi connectivity index (χ1n) is 5.07. The van der Waals surface area contributed by atoms with Crippen LogP contribution in [0, 0.1) is 13.8 Å². The minimum Gasteiger partial charge on any atom is -0.382 e. The van der Waals surface area contributed by atoms with Gasteiger partial charge in [0.25, 0.3) is 0 Å². The van der Waals surface area contributed by atoms with Gasteiger partial charge in [0.2, 0.25) is 0 Å². The number of hydrogen-bond acceptors (Lipinski definition) is 4. The van der Waals surface area contributed by atoms with E-state index in [4.69, 9.17) is 5.73 Å². The van der Waals surface area contributed by atoms with Crippen molar-refractivity contribution in [2.45, 2.75) is 13.8 Å². The average Bonchev–Trinajstić information content (AvgIpc) is 2.27. The monoisotopic (exact) mass is 214 g/mol. The molecule has 16 heavy (non-hydrogen) atoms. The Morgan fingerprint density at radius 1 is 1.12 bits per heavy atom. The smallest absolute Gasteiger partial charge is 0.149 e. The van der Waals surface area contributed by atoms with Crippen LogP contribution in [0.3, 0.4) is 0 Å². The standard InChI is InChI=1S/C12H14N4/c1-8-3-4-9(2)10(5-8)16-12-7-14-11(13)6-15-12/h3-7H,1-2H3,(H2,13,14)(H,15,16). The lowest BCUT2D eigenvalue weighted by atomic mass is 10.1. The third-order valence-corrected chi connectivity index (χ3v) is 2.33. The first-order valence-corrected chi connectivity index (χ1v) is 5.07. The van der Waals surface area contributed by atoms with Gasteiger partial charge in [-0.1, -0.05) is 12.1 Å². The Bertz CT molecular complexity index is 491. The van der Waals surface area contributed by atoms with Gasteiger partial charge >= 0.3 is 0 Å². The number of anilines is 3. The van der Waals surface area contributed by atoms with Gasteiger partial charge in [-0.15, -0.1) is 0 Å². The maximum atomic E-state index is 5.47. The lowest BCUT2D eigenvalue weighted by Gasteiger charge is -2.09. The summed E-state index contributed by atoms with van der Waals surface area (Å²) in [4.78, 5) is 8.13. The van der Waals surface area contributed by atoms with E-state index < -0.39 is 0 Å². The molecule has 82 valence electrons. The molecule has 0 aliphatic carbocycles. The molecule has 0 atom stereocenters. The highest BCUT2D eigenvalue weighted by Gasteiger charge is 2.00. The number of nitrogens with two attached hydrogens (primary N) is 1. The van der Waals surface area contributed by atoms with Crippen molar-refractivity contribution in [2.24, 2.45) is 0 Å². The molecule has 1 heterocycles. The van der Waals surface area contributed by atoms with E-state index in [2.05, 4.69) is 40.4 Å². The predicted octanol–water partition coefficient (Wildman–Crippen LogP) is 2.42. The quantitative estimate of drug-likeness (QED) is 0.805. The molecular formula is C12H14N4. The van der Waals surface area contributed by atoms with Gasteiger partial charge in [-0.3, -0.25) is 0 Å². The minimum absolute atomic E-state index is 0.423. The number of hydrogen-bond donors (Lipinski definition) is 2. The zero-order chi connectivity index (χ0) is 11.5. The molecule has 1 aromatic carbocycles. The second-order valence-corrected chi connectivity index (χ2v) is 3.77. The zero-order valence-electron chi connectivity index (χ0n) is 9.36. The third-order valence-electron chi connectivity index (χ3n) is 2.33. The van der Waals surface area contributed by atoms with Crippen molar-refractivity contribution >= 4 is 17.3 Å². The van der Waals surface area contributed by atoms with E-state index in [9.17, 15) is 0 Å². The van der Waals surface area contributed by atoms with Crippen molar-refractivity contribution in [3.05, 3.63) is 41.7 Å². The van der Waals surface area contributed by atoms with Gasteiger partial charge < -0.3 is 11.1 Å². The number of aromatic nitrogens is 2. The first-order chi connectivity index (χ1) is 7.65. The Morgan fingerprint density at radius 2 is 1.94 bits per heavy atom. The third kappa shape index (κ3) is 2.28.